The van der Waals surface area contributed by atoms with Gasteiger partial charge < -0.3 is 26.1 Å². The van der Waals surface area contributed by atoms with Gasteiger partial charge in [0.2, 0.25) is 0 Å². The maximum absolute atomic E-state index is 13.1. The van der Waals surface area contributed by atoms with Crippen LogP contribution >= 0.6 is 54.5 Å². The van der Waals surface area contributed by atoms with E-state index in [1.807, 2.05) is 68.5 Å². The number of carbonyl (C=O) groups is 3. The molecule has 0 unspecified atom stereocenters. The first-order valence-corrected chi connectivity index (χ1v) is 19.4. The van der Waals surface area contributed by atoms with Gasteiger partial charge in [0.25, 0.3) is 21.8 Å². The normalized spacial score (nSPS) is 13.5. The van der Waals surface area contributed by atoms with Gasteiger partial charge in [-0.1, -0.05) is 55.6 Å². The van der Waals surface area contributed by atoms with Crippen molar-refractivity contribution in [2.75, 3.05) is 13.1 Å². The summed E-state index contributed by atoms with van der Waals surface area (Å²) in [5.74, 6) is -1.15. The van der Waals surface area contributed by atoms with Crippen LogP contribution in [0.3, 0.4) is 0 Å². The van der Waals surface area contributed by atoms with E-state index in [1.165, 1.54) is 10.0 Å². The third-order valence-electron chi connectivity index (χ3n) is 7.86. The van der Waals surface area contributed by atoms with E-state index in [4.69, 9.17) is 16.2 Å². The molecule has 0 saturated heterocycles. The van der Waals surface area contributed by atoms with Crippen molar-refractivity contribution in [3.63, 3.8) is 0 Å². The number of amides is 3. The van der Waals surface area contributed by atoms with Crippen molar-refractivity contribution in [3.8, 4) is 0 Å². The Morgan fingerprint density at radius 1 is 0.900 bits per heavy atom. The van der Waals surface area contributed by atoms with E-state index in [1.54, 1.807) is 47.4 Å². The summed E-state index contributed by atoms with van der Waals surface area (Å²) in [6.45, 7) is 8.52. The lowest BCUT2D eigenvalue weighted by molar-refractivity contribution is 0.0270. The monoisotopic (exact) mass is 937 g/mol. The average molecular weight is 939 g/mol. The van der Waals surface area contributed by atoms with Crippen LogP contribution in [-0.4, -0.2) is 58.9 Å². The van der Waals surface area contributed by atoms with Crippen LogP contribution in [0.5, 0.6) is 0 Å². The first-order valence-electron chi connectivity index (χ1n) is 15.3. The minimum Gasteiger partial charge on any atom is -0.444 e. The molecule has 0 fully saturated rings. The highest BCUT2D eigenvalue weighted by atomic mass is 127. The summed E-state index contributed by atoms with van der Waals surface area (Å²) in [6, 6.07) is 17.0. The molecule has 5 N–H and O–H groups in total. The molecule has 0 radical (unpaired) electrons. The van der Waals surface area contributed by atoms with Crippen molar-refractivity contribution in [1.82, 2.24) is 13.9 Å². The molecule has 1 aliphatic rings. The molecule has 2 aromatic heterocycles. The van der Waals surface area contributed by atoms with Crippen LogP contribution in [-0.2, 0) is 14.8 Å². The molecule has 6 rings (SSSR count). The predicted octanol–water partition coefficient (Wildman–Crippen LogP) is 7.71. The van der Waals surface area contributed by atoms with Gasteiger partial charge >= 0.3 is 6.09 Å². The Labute approximate surface area is 319 Å². The standard InChI is InChI=1S/C19H22BrN3O3.C16H12BrIN2O3S/c1-19(2,3)26-18(25)23-8-6-11(7-9-23)15-10-13-14(20)5-4-12(17(21)24)16(13)22-15;1-9-2-4-10(5-3-9)24(22,23)20-14(18)8-12-13(17)7-6-11(15(12)20)16(19)21/h4-6,10,22H,7-9H2,1-3H3,(H2,21,24);2-8H,1H3,(H2,19,21). The smallest absolute Gasteiger partial charge is 0.410 e. The van der Waals surface area contributed by atoms with Crippen molar-refractivity contribution in [3.05, 3.63) is 102 Å². The van der Waals surface area contributed by atoms with Crippen LogP contribution in [0.15, 0.2) is 80.6 Å². The highest BCUT2D eigenvalue weighted by molar-refractivity contribution is 14.1. The highest BCUT2D eigenvalue weighted by Crippen LogP contribution is 2.34. The van der Waals surface area contributed by atoms with E-state index in [0.29, 0.717) is 38.6 Å². The maximum atomic E-state index is 13.1. The minimum atomic E-state index is -3.86. The number of H-pyrrole nitrogens is 1. The van der Waals surface area contributed by atoms with Crippen LogP contribution in [0.2, 0.25) is 0 Å². The number of rotatable bonds is 5. The molecule has 0 saturated carbocycles. The lowest BCUT2D eigenvalue weighted by Gasteiger charge is -2.29. The molecule has 0 atom stereocenters. The Morgan fingerprint density at radius 3 is 2.06 bits per heavy atom. The molecule has 262 valence electrons. The molecule has 3 amide bonds. The second kappa shape index (κ2) is 14.5. The third-order valence-corrected chi connectivity index (χ3v) is 12.1. The molecule has 1 aliphatic heterocycles. The van der Waals surface area contributed by atoms with Crippen molar-refractivity contribution >= 4 is 110 Å². The van der Waals surface area contributed by atoms with Crippen molar-refractivity contribution < 1.29 is 27.5 Å². The number of nitrogens with zero attached hydrogens (tertiary/aromatic N) is 2. The van der Waals surface area contributed by atoms with Crippen LogP contribution in [0.4, 0.5) is 4.79 Å². The van der Waals surface area contributed by atoms with Crippen molar-refractivity contribution in [1.29, 1.82) is 0 Å². The quantitative estimate of drug-likeness (QED) is 0.153. The zero-order valence-corrected chi connectivity index (χ0v) is 33.7. The number of nitrogens with two attached hydrogens (primary N) is 2. The Kier molecular flexibility index (Phi) is 10.9. The number of aromatic amines is 1. The second-order valence-corrected chi connectivity index (χ2v) is 17.2. The summed E-state index contributed by atoms with van der Waals surface area (Å²) in [4.78, 5) is 40.8. The second-order valence-electron chi connectivity index (χ2n) is 12.6. The van der Waals surface area contributed by atoms with Gasteiger partial charge in [-0.3, -0.25) is 9.59 Å². The van der Waals surface area contributed by atoms with Crippen LogP contribution in [0.1, 0.15) is 59.2 Å². The lowest BCUT2D eigenvalue weighted by Crippen LogP contribution is -2.39. The van der Waals surface area contributed by atoms with Crippen LogP contribution < -0.4 is 11.5 Å². The van der Waals surface area contributed by atoms with E-state index in [9.17, 15) is 22.8 Å². The molecule has 0 spiro atoms. The van der Waals surface area contributed by atoms with Gasteiger partial charge in [-0.25, -0.2) is 17.2 Å². The van der Waals surface area contributed by atoms with E-state index >= 15 is 0 Å². The van der Waals surface area contributed by atoms with E-state index < -0.39 is 27.4 Å². The summed E-state index contributed by atoms with van der Waals surface area (Å²) in [5.41, 5.74) is 15.0. The summed E-state index contributed by atoms with van der Waals surface area (Å²) in [6.07, 6.45) is 2.41. The van der Waals surface area contributed by atoms with Gasteiger partial charge in [0.05, 0.1) is 30.8 Å². The largest absolute Gasteiger partial charge is 0.444 e. The zero-order valence-electron chi connectivity index (χ0n) is 27.5. The van der Waals surface area contributed by atoms with Gasteiger partial charge in [-0.15, -0.1) is 0 Å². The first kappa shape index (κ1) is 37.6. The Hall–Kier alpha value is -3.67. The zero-order chi connectivity index (χ0) is 36.7. The average Bonchev–Trinajstić information content (AvgIpc) is 3.64. The number of fused-ring (bicyclic) bond motifs is 2. The fourth-order valence-corrected chi connectivity index (χ4v) is 9.06. The molecule has 15 heteroatoms. The number of primary amides is 2. The molecule has 3 aromatic carbocycles. The summed E-state index contributed by atoms with van der Waals surface area (Å²) in [7, 11) is -3.86. The van der Waals surface area contributed by atoms with Crippen molar-refractivity contribution in [2.24, 2.45) is 11.5 Å². The predicted molar refractivity (Wildman–Crippen MR) is 210 cm³/mol. The summed E-state index contributed by atoms with van der Waals surface area (Å²) < 4.78 is 34.9. The van der Waals surface area contributed by atoms with Crippen molar-refractivity contribution in [2.45, 2.75) is 44.6 Å². The van der Waals surface area contributed by atoms with Crippen LogP contribution in [0, 0.1) is 10.6 Å². The van der Waals surface area contributed by atoms with E-state index in [-0.39, 0.29) is 22.1 Å². The molecule has 0 aliphatic carbocycles. The fraction of sp³-hybridized carbons (Fsp3) is 0.229. The first-order chi connectivity index (χ1) is 23.4. The minimum absolute atomic E-state index is 0.152. The number of benzene rings is 3. The number of aryl methyl sites for hydroxylation is 1. The number of ether oxygens (including phenoxy) is 1. The number of hydrogen-bond donors (Lipinski definition) is 3. The van der Waals surface area contributed by atoms with Gasteiger partial charge in [0, 0.05) is 38.5 Å². The SMILES string of the molecule is CC(C)(C)OC(=O)N1CC=C(c2cc3c(Br)ccc(C(N)=O)c3[nH]2)CC1.Cc1ccc(S(=O)(=O)n2c(I)cc3c(Br)ccc(C(N)=O)c32)cc1. The Balaban J connectivity index is 0.000000195. The molecule has 5 aromatic rings. The van der Waals surface area contributed by atoms with Gasteiger partial charge in [-0.05, 0) is 111 Å². The molecule has 50 heavy (non-hydrogen) atoms. The fourth-order valence-electron chi connectivity index (χ4n) is 5.44. The Bertz CT molecular complexity index is 2310. The number of carbonyl (C=O) groups excluding carboxylic acids is 3. The van der Waals surface area contributed by atoms with Gasteiger partial charge in [0.15, 0.2) is 0 Å². The van der Waals surface area contributed by atoms with Gasteiger partial charge in [-0.2, -0.15) is 0 Å². The Morgan fingerprint density at radius 2 is 1.50 bits per heavy atom. The molecule has 3 heterocycles. The topological polar surface area (TPSA) is 171 Å². The summed E-state index contributed by atoms with van der Waals surface area (Å²) in [5, 5.41) is 1.53. The lowest BCUT2D eigenvalue weighted by atomic mass is 10.0. The molecular formula is C35H34Br2IN5O6S. The highest BCUT2D eigenvalue weighted by Gasteiger charge is 2.27. The van der Waals surface area contributed by atoms with Gasteiger partial charge in [0.1, 0.15) is 5.60 Å². The van der Waals surface area contributed by atoms with E-state index in [0.717, 1.165) is 32.2 Å². The third kappa shape index (κ3) is 7.80. The molecule has 0 bridgehead atoms. The number of aromatic nitrogens is 2. The number of nitrogens with one attached hydrogen (secondary N) is 1. The maximum Gasteiger partial charge on any atom is 0.410 e. The van der Waals surface area contributed by atoms with Crippen LogP contribution in [0.25, 0.3) is 27.4 Å². The van der Waals surface area contributed by atoms with E-state index in [2.05, 4.69) is 36.8 Å². The molecule has 11 nitrogen and oxygen atoms in total. The molecular weight excluding hydrogens is 905 g/mol. The summed E-state index contributed by atoms with van der Waals surface area (Å²) >= 11 is 8.85. The number of hydrogen-bond acceptors (Lipinski definition) is 6. The number of halogens is 3.